The summed E-state index contributed by atoms with van der Waals surface area (Å²) < 4.78 is 6.32. The molecule has 0 fully saturated rings. The predicted octanol–water partition coefficient (Wildman–Crippen LogP) is -0.876. The van der Waals surface area contributed by atoms with Crippen LogP contribution in [0.1, 0.15) is 17.4 Å². The van der Waals surface area contributed by atoms with Crippen molar-refractivity contribution in [2.45, 2.75) is 6.92 Å². The summed E-state index contributed by atoms with van der Waals surface area (Å²) >= 11 is 0. The summed E-state index contributed by atoms with van der Waals surface area (Å²) in [7, 11) is -1.60. The van der Waals surface area contributed by atoms with E-state index in [1.165, 1.54) is 35.4 Å². The van der Waals surface area contributed by atoms with E-state index in [4.69, 9.17) is 14.8 Å². The Labute approximate surface area is 109 Å². The first-order valence-electron chi connectivity index (χ1n) is 5.65. The van der Waals surface area contributed by atoms with Gasteiger partial charge in [-0.15, -0.1) is 0 Å². The first-order chi connectivity index (χ1) is 9.13. The quantitative estimate of drug-likeness (QED) is 0.548. The van der Waals surface area contributed by atoms with Crippen LogP contribution in [0, 0.1) is 0 Å². The minimum Gasteiger partial charge on any atom is -0.461 e. The van der Waals surface area contributed by atoms with Gasteiger partial charge < -0.3 is 14.8 Å². The van der Waals surface area contributed by atoms with E-state index in [1.807, 2.05) is 0 Å². The minimum absolute atomic E-state index is 0.221. The lowest BCUT2D eigenvalue weighted by molar-refractivity contribution is 0.0517. The summed E-state index contributed by atoms with van der Waals surface area (Å²) in [5.74, 6) is -0.164. The molecule has 2 rings (SSSR count). The Morgan fingerprint density at radius 1 is 1.53 bits per heavy atom. The van der Waals surface area contributed by atoms with Crippen molar-refractivity contribution in [1.82, 2.24) is 14.5 Å². The van der Waals surface area contributed by atoms with E-state index in [2.05, 4.69) is 9.97 Å². The first-order valence-corrected chi connectivity index (χ1v) is 5.65. The van der Waals surface area contributed by atoms with Gasteiger partial charge >= 0.3 is 13.1 Å². The van der Waals surface area contributed by atoms with Crippen LogP contribution in [0.25, 0.3) is 5.82 Å². The summed E-state index contributed by atoms with van der Waals surface area (Å²) in [5.41, 5.74) is 0.493. The molecule has 0 amide bonds. The van der Waals surface area contributed by atoms with E-state index in [0.717, 1.165) is 0 Å². The fourth-order valence-corrected chi connectivity index (χ4v) is 1.56. The monoisotopic (exact) mass is 261 g/mol. The highest BCUT2D eigenvalue weighted by Gasteiger charge is 2.17. The Kier molecular flexibility index (Phi) is 3.93. The van der Waals surface area contributed by atoms with Gasteiger partial charge in [0.15, 0.2) is 5.69 Å². The van der Waals surface area contributed by atoms with Crippen LogP contribution in [0.3, 0.4) is 0 Å². The zero-order valence-corrected chi connectivity index (χ0v) is 10.2. The van der Waals surface area contributed by atoms with E-state index >= 15 is 0 Å². The zero-order valence-electron chi connectivity index (χ0n) is 10.2. The van der Waals surface area contributed by atoms with Crippen molar-refractivity contribution in [3.05, 3.63) is 36.5 Å². The maximum atomic E-state index is 11.7. The molecule has 0 saturated heterocycles. The van der Waals surface area contributed by atoms with Gasteiger partial charge in [0.1, 0.15) is 12.1 Å². The number of aromatic nitrogens is 3. The van der Waals surface area contributed by atoms with Gasteiger partial charge in [-0.05, 0) is 24.5 Å². The molecule has 0 radical (unpaired) electrons. The fourth-order valence-electron chi connectivity index (χ4n) is 1.56. The van der Waals surface area contributed by atoms with Gasteiger partial charge in [-0.3, -0.25) is 4.57 Å². The van der Waals surface area contributed by atoms with Crippen LogP contribution in [0.15, 0.2) is 30.9 Å². The lowest BCUT2D eigenvalue weighted by atomic mass is 9.81. The molecule has 7 nitrogen and oxygen atoms in total. The van der Waals surface area contributed by atoms with Crippen LogP contribution in [0.2, 0.25) is 0 Å². The van der Waals surface area contributed by atoms with Crippen LogP contribution in [-0.2, 0) is 4.74 Å². The molecular weight excluding hydrogens is 249 g/mol. The summed E-state index contributed by atoms with van der Waals surface area (Å²) in [6.45, 7) is 1.96. The number of esters is 1. The van der Waals surface area contributed by atoms with Crippen LogP contribution < -0.4 is 5.46 Å². The maximum absolute atomic E-state index is 11.7. The molecule has 0 aliphatic heterocycles. The van der Waals surface area contributed by atoms with E-state index in [-0.39, 0.29) is 17.8 Å². The molecule has 98 valence electrons. The van der Waals surface area contributed by atoms with E-state index < -0.39 is 13.1 Å². The third-order valence-electron chi connectivity index (χ3n) is 2.44. The average Bonchev–Trinajstić information content (AvgIpc) is 2.88. The molecule has 2 heterocycles. The van der Waals surface area contributed by atoms with Gasteiger partial charge in [-0.1, -0.05) is 0 Å². The van der Waals surface area contributed by atoms with Crippen molar-refractivity contribution in [2.24, 2.45) is 0 Å². The molecule has 2 N–H and O–H groups in total. The number of ether oxygens (including phenoxy) is 1. The van der Waals surface area contributed by atoms with Crippen molar-refractivity contribution >= 4 is 18.6 Å². The highest BCUT2D eigenvalue weighted by atomic mass is 16.5. The first kappa shape index (κ1) is 13.3. The fraction of sp³-hybridized carbons (Fsp3) is 0.182. The Balaban J connectivity index is 2.40. The zero-order chi connectivity index (χ0) is 13.8. The molecule has 0 aliphatic carbocycles. The summed E-state index contributed by atoms with van der Waals surface area (Å²) in [5, 5.41) is 18.2. The molecule has 0 spiro atoms. The molecule has 2 aromatic heterocycles. The van der Waals surface area contributed by atoms with Gasteiger partial charge in [0.05, 0.1) is 12.8 Å². The summed E-state index contributed by atoms with van der Waals surface area (Å²) in [6, 6.07) is 2.92. The Morgan fingerprint density at radius 3 is 3.00 bits per heavy atom. The number of carbonyl (C=O) groups is 1. The molecule has 0 saturated carbocycles. The summed E-state index contributed by atoms with van der Waals surface area (Å²) in [6.07, 6.45) is 4.18. The molecule has 0 aromatic carbocycles. The van der Waals surface area contributed by atoms with Gasteiger partial charge in [0.2, 0.25) is 0 Å². The standard InChI is InChI=1S/C11H12BN3O4/c1-2-19-11(16)9-6-13-7-15(9)10-5-8(12(17)18)3-4-14-10/h3-7,17-18H,2H2,1H3. The molecule has 0 atom stereocenters. The SMILES string of the molecule is CCOC(=O)c1cncn1-c1cc(B(O)O)ccn1. The summed E-state index contributed by atoms with van der Waals surface area (Å²) in [4.78, 5) is 19.6. The van der Waals surface area contributed by atoms with E-state index in [9.17, 15) is 4.79 Å². The van der Waals surface area contributed by atoms with Crippen LogP contribution in [0.5, 0.6) is 0 Å². The van der Waals surface area contributed by atoms with Crippen molar-refractivity contribution in [3.63, 3.8) is 0 Å². The van der Waals surface area contributed by atoms with Crippen LogP contribution in [-0.4, -0.2) is 44.3 Å². The number of nitrogens with zero attached hydrogens (tertiary/aromatic N) is 3. The second kappa shape index (κ2) is 5.64. The largest absolute Gasteiger partial charge is 0.488 e. The van der Waals surface area contributed by atoms with Gasteiger partial charge in [-0.2, -0.15) is 0 Å². The van der Waals surface area contributed by atoms with E-state index in [0.29, 0.717) is 5.82 Å². The lowest BCUT2D eigenvalue weighted by Gasteiger charge is -2.08. The predicted molar refractivity (Wildman–Crippen MR) is 67.1 cm³/mol. The number of pyridine rings is 1. The second-order valence-corrected chi connectivity index (χ2v) is 3.69. The van der Waals surface area contributed by atoms with E-state index in [1.54, 1.807) is 6.92 Å². The van der Waals surface area contributed by atoms with Crippen molar-refractivity contribution in [2.75, 3.05) is 6.61 Å². The van der Waals surface area contributed by atoms with Crippen LogP contribution >= 0.6 is 0 Å². The van der Waals surface area contributed by atoms with Gasteiger partial charge in [-0.25, -0.2) is 14.8 Å². The number of hydrogen-bond donors (Lipinski definition) is 2. The third kappa shape index (κ3) is 2.80. The minimum atomic E-state index is -1.60. The maximum Gasteiger partial charge on any atom is 0.488 e. The van der Waals surface area contributed by atoms with Crippen molar-refractivity contribution < 1.29 is 19.6 Å². The van der Waals surface area contributed by atoms with Gasteiger partial charge in [0.25, 0.3) is 0 Å². The highest BCUT2D eigenvalue weighted by molar-refractivity contribution is 6.58. The molecule has 0 unspecified atom stereocenters. The number of imidazole rings is 1. The molecule has 0 aliphatic rings. The van der Waals surface area contributed by atoms with Gasteiger partial charge in [0, 0.05) is 6.20 Å². The number of carbonyl (C=O) groups excluding carboxylic acids is 1. The Hall–Kier alpha value is -2.19. The topological polar surface area (TPSA) is 97.5 Å². The highest BCUT2D eigenvalue weighted by Crippen LogP contribution is 2.08. The molecule has 19 heavy (non-hydrogen) atoms. The molecule has 0 bridgehead atoms. The smallest absolute Gasteiger partial charge is 0.461 e. The molecule has 2 aromatic rings. The Bertz CT molecular complexity index is 585. The molecular formula is C11H12BN3O4. The number of hydrogen-bond acceptors (Lipinski definition) is 6. The third-order valence-corrected chi connectivity index (χ3v) is 2.44. The number of rotatable bonds is 4. The van der Waals surface area contributed by atoms with Crippen molar-refractivity contribution in [3.8, 4) is 5.82 Å². The second-order valence-electron chi connectivity index (χ2n) is 3.69. The lowest BCUT2D eigenvalue weighted by Crippen LogP contribution is -2.30. The van der Waals surface area contributed by atoms with Crippen LogP contribution in [0.4, 0.5) is 0 Å². The van der Waals surface area contributed by atoms with Crippen molar-refractivity contribution in [1.29, 1.82) is 0 Å². The Morgan fingerprint density at radius 2 is 2.32 bits per heavy atom. The average molecular weight is 261 g/mol. The molecule has 8 heteroatoms. The normalized spacial score (nSPS) is 10.3.